The van der Waals surface area contributed by atoms with Crippen molar-refractivity contribution >= 4 is 23.3 Å². The van der Waals surface area contributed by atoms with Crippen molar-refractivity contribution in [1.29, 1.82) is 0 Å². The van der Waals surface area contributed by atoms with Crippen LogP contribution in [-0.4, -0.2) is 23.5 Å². The summed E-state index contributed by atoms with van der Waals surface area (Å²) in [7, 11) is 0. The molecule has 6 heteroatoms. The Morgan fingerprint density at radius 3 is 2.59 bits per heavy atom. The van der Waals surface area contributed by atoms with Crippen molar-refractivity contribution < 1.29 is 14.3 Å². The predicted octanol–water partition coefficient (Wildman–Crippen LogP) is 4.43. The molecule has 2 N–H and O–H groups in total. The molecule has 3 rings (SSSR count). The largest absolute Gasteiger partial charge is 0.462 e. The Morgan fingerprint density at radius 2 is 1.79 bits per heavy atom. The summed E-state index contributed by atoms with van der Waals surface area (Å²) in [5, 5.41) is 6.06. The number of hydrogen-bond donors (Lipinski definition) is 2. The van der Waals surface area contributed by atoms with Gasteiger partial charge in [-0.15, -0.1) is 0 Å². The molecule has 0 saturated heterocycles. The van der Waals surface area contributed by atoms with Gasteiger partial charge in [0.1, 0.15) is 0 Å². The van der Waals surface area contributed by atoms with Gasteiger partial charge in [0, 0.05) is 18.9 Å². The Kier molecular flexibility index (Phi) is 6.58. The number of pyridine rings is 1. The zero-order valence-corrected chi connectivity index (χ0v) is 16.4. The highest BCUT2D eigenvalue weighted by molar-refractivity contribution is 6.08. The summed E-state index contributed by atoms with van der Waals surface area (Å²) in [4.78, 5) is 28.9. The lowest BCUT2D eigenvalue weighted by atomic mass is 10.1. The molecule has 0 spiro atoms. The molecule has 0 aliphatic heterocycles. The third-order valence-corrected chi connectivity index (χ3v) is 4.42. The maximum absolute atomic E-state index is 12.7. The molecule has 0 radical (unpaired) electrons. The van der Waals surface area contributed by atoms with E-state index in [1.54, 1.807) is 43.5 Å². The first kappa shape index (κ1) is 20.1. The van der Waals surface area contributed by atoms with Gasteiger partial charge < -0.3 is 15.4 Å². The lowest BCUT2D eigenvalue weighted by Crippen LogP contribution is -2.16. The minimum Gasteiger partial charge on any atom is -0.462 e. The van der Waals surface area contributed by atoms with E-state index in [0.29, 0.717) is 23.4 Å². The van der Waals surface area contributed by atoms with E-state index in [0.717, 1.165) is 5.69 Å². The normalized spacial score (nSPS) is 10.3. The zero-order chi connectivity index (χ0) is 20.6. The average molecular weight is 389 g/mol. The van der Waals surface area contributed by atoms with Crippen molar-refractivity contribution in [1.82, 2.24) is 4.98 Å². The van der Waals surface area contributed by atoms with Crippen molar-refractivity contribution in [2.24, 2.45) is 0 Å². The topological polar surface area (TPSA) is 80.3 Å². The summed E-state index contributed by atoms with van der Waals surface area (Å²) in [5.74, 6) is -0.830. The number of benzene rings is 2. The predicted molar refractivity (Wildman–Crippen MR) is 113 cm³/mol. The molecule has 0 bridgehead atoms. The Balaban J connectivity index is 1.72. The standard InChI is InChI=1S/C23H23N3O3/c1-3-29-23(28)20-10-6-7-11-21(20)26-22(27)18-12-19(15-24-13-18)25-14-17-9-5-4-8-16(17)2/h4-13,15,25H,3,14H2,1-2H3,(H,26,27). The summed E-state index contributed by atoms with van der Waals surface area (Å²) >= 11 is 0. The smallest absolute Gasteiger partial charge is 0.340 e. The number of nitrogens with one attached hydrogen (secondary N) is 2. The van der Waals surface area contributed by atoms with Crippen molar-refractivity contribution in [2.45, 2.75) is 20.4 Å². The number of carbonyl (C=O) groups is 2. The van der Waals surface area contributed by atoms with Gasteiger partial charge in [-0.25, -0.2) is 4.79 Å². The van der Waals surface area contributed by atoms with Crippen LogP contribution in [-0.2, 0) is 11.3 Å². The third kappa shape index (κ3) is 5.19. The van der Waals surface area contributed by atoms with Crippen molar-refractivity contribution in [3.05, 3.63) is 89.2 Å². The fourth-order valence-electron chi connectivity index (χ4n) is 2.84. The van der Waals surface area contributed by atoms with Crippen LogP contribution in [0.5, 0.6) is 0 Å². The summed E-state index contributed by atoms with van der Waals surface area (Å²) in [6.45, 7) is 4.69. The number of ether oxygens (including phenoxy) is 1. The summed E-state index contributed by atoms with van der Waals surface area (Å²) in [6, 6.07) is 16.6. The van der Waals surface area contributed by atoms with Gasteiger partial charge >= 0.3 is 5.97 Å². The number of nitrogens with zero attached hydrogens (tertiary/aromatic N) is 1. The number of anilines is 2. The SMILES string of the molecule is CCOC(=O)c1ccccc1NC(=O)c1cncc(NCc2ccccc2C)c1. The van der Waals surface area contributed by atoms with Crippen LogP contribution in [0.15, 0.2) is 67.0 Å². The number of aromatic nitrogens is 1. The first-order valence-corrected chi connectivity index (χ1v) is 9.39. The van der Waals surface area contributed by atoms with Crippen LogP contribution >= 0.6 is 0 Å². The van der Waals surface area contributed by atoms with Gasteiger partial charge in [-0.3, -0.25) is 9.78 Å². The molecule has 0 unspecified atom stereocenters. The number of carbonyl (C=O) groups excluding carboxylic acids is 2. The second kappa shape index (κ2) is 9.50. The Labute approximate surface area is 169 Å². The second-order valence-electron chi connectivity index (χ2n) is 6.46. The van der Waals surface area contributed by atoms with Crippen LogP contribution in [0.4, 0.5) is 11.4 Å². The van der Waals surface area contributed by atoms with E-state index in [1.807, 2.05) is 12.1 Å². The fourth-order valence-corrected chi connectivity index (χ4v) is 2.84. The highest BCUT2D eigenvalue weighted by Crippen LogP contribution is 2.18. The molecular formula is C23H23N3O3. The van der Waals surface area contributed by atoms with Crippen molar-refractivity contribution in [2.75, 3.05) is 17.2 Å². The Hall–Kier alpha value is -3.67. The molecule has 148 valence electrons. The van der Waals surface area contributed by atoms with Gasteiger partial charge in [0.05, 0.1) is 29.1 Å². The minimum atomic E-state index is -0.477. The van der Waals surface area contributed by atoms with Crippen LogP contribution in [0.2, 0.25) is 0 Å². The number of aryl methyl sites for hydroxylation is 1. The van der Waals surface area contributed by atoms with Gasteiger partial charge in [-0.2, -0.15) is 0 Å². The van der Waals surface area contributed by atoms with Gasteiger partial charge in [0.15, 0.2) is 0 Å². The zero-order valence-electron chi connectivity index (χ0n) is 16.4. The molecule has 1 heterocycles. The van der Waals surface area contributed by atoms with E-state index in [4.69, 9.17) is 4.74 Å². The molecule has 2 aromatic carbocycles. The average Bonchev–Trinajstić information content (AvgIpc) is 2.74. The van der Waals surface area contributed by atoms with Gasteiger partial charge in [-0.1, -0.05) is 36.4 Å². The molecule has 29 heavy (non-hydrogen) atoms. The Morgan fingerprint density at radius 1 is 1.03 bits per heavy atom. The highest BCUT2D eigenvalue weighted by Gasteiger charge is 2.15. The molecule has 0 aliphatic rings. The number of hydrogen-bond acceptors (Lipinski definition) is 5. The van der Waals surface area contributed by atoms with E-state index in [-0.39, 0.29) is 12.5 Å². The molecule has 6 nitrogen and oxygen atoms in total. The number of para-hydroxylation sites is 1. The van der Waals surface area contributed by atoms with E-state index in [9.17, 15) is 9.59 Å². The maximum atomic E-state index is 12.7. The first-order valence-electron chi connectivity index (χ1n) is 9.39. The van der Waals surface area contributed by atoms with Crippen LogP contribution in [0.25, 0.3) is 0 Å². The van der Waals surface area contributed by atoms with Crippen LogP contribution < -0.4 is 10.6 Å². The van der Waals surface area contributed by atoms with Gasteiger partial charge in [0.25, 0.3) is 5.91 Å². The summed E-state index contributed by atoms with van der Waals surface area (Å²) < 4.78 is 5.05. The lowest BCUT2D eigenvalue weighted by molar-refractivity contribution is 0.0527. The molecule has 0 aliphatic carbocycles. The van der Waals surface area contributed by atoms with E-state index in [2.05, 4.69) is 34.7 Å². The number of esters is 1. The lowest BCUT2D eigenvalue weighted by Gasteiger charge is -2.12. The van der Waals surface area contributed by atoms with Crippen LogP contribution in [0.1, 0.15) is 38.8 Å². The van der Waals surface area contributed by atoms with Gasteiger partial charge in [-0.05, 0) is 43.2 Å². The van der Waals surface area contributed by atoms with E-state index < -0.39 is 5.97 Å². The first-order chi connectivity index (χ1) is 14.1. The van der Waals surface area contributed by atoms with Gasteiger partial charge in [0.2, 0.25) is 0 Å². The number of amides is 1. The highest BCUT2D eigenvalue weighted by atomic mass is 16.5. The van der Waals surface area contributed by atoms with Crippen molar-refractivity contribution in [3.8, 4) is 0 Å². The molecule has 0 atom stereocenters. The van der Waals surface area contributed by atoms with E-state index >= 15 is 0 Å². The van der Waals surface area contributed by atoms with Crippen molar-refractivity contribution in [3.63, 3.8) is 0 Å². The molecule has 0 saturated carbocycles. The summed E-state index contributed by atoms with van der Waals surface area (Å²) in [6.07, 6.45) is 3.16. The minimum absolute atomic E-state index is 0.264. The summed E-state index contributed by atoms with van der Waals surface area (Å²) in [5.41, 5.74) is 4.19. The molecule has 1 amide bonds. The molecular weight excluding hydrogens is 366 g/mol. The number of rotatable bonds is 7. The van der Waals surface area contributed by atoms with E-state index in [1.165, 1.54) is 17.3 Å². The maximum Gasteiger partial charge on any atom is 0.340 e. The Bertz CT molecular complexity index is 1020. The third-order valence-electron chi connectivity index (χ3n) is 4.42. The quantitative estimate of drug-likeness (QED) is 0.584. The second-order valence-corrected chi connectivity index (χ2v) is 6.46. The molecule has 3 aromatic rings. The molecule has 0 fully saturated rings. The molecule has 1 aromatic heterocycles. The van der Waals surface area contributed by atoms with Crippen LogP contribution in [0.3, 0.4) is 0 Å². The monoisotopic (exact) mass is 389 g/mol. The van der Waals surface area contributed by atoms with Crippen LogP contribution in [0, 0.1) is 6.92 Å². The fraction of sp³-hybridized carbons (Fsp3) is 0.174.